The Morgan fingerprint density at radius 1 is 1.39 bits per heavy atom. The lowest BCUT2D eigenvalue weighted by Crippen LogP contribution is -2.04. The Morgan fingerprint density at radius 2 is 2.11 bits per heavy atom. The first-order valence-corrected chi connectivity index (χ1v) is 5.89. The van der Waals surface area contributed by atoms with E-state index < -0.39 is 4.92 Å². The van der Waals surface area contributed by atoms with Crippen LogP contribution >= 0.6 is 15.9 Å². The minimum atomic E-state index is -0.466. The van der Waals surface area contributed by atoms with Gasteiger partial charge in [0, 0.05) is 35.7 Å². The molecule has 2 rings (SSSR count). The average Bonchev–Trinajstić information content (AvgIpc) is 2.38. The van der Waals surface area contributed by atoms with E-state index >= 15 is 0 Å². The fourth-order valence-electron chi connectivity index (χ4n) is 1.39. The zero-order valence-corrected chi connectivity index (χ0v) is 10.8. The van der Waals surface area contributed by atoms with Crippen LogP contribution in [-0.4, -0.2) is 14.9 Å². The Balaban J connectivity index is 2.17. The van der Waals surface area contributed by atoms with Crippen LogP contribution < -0.4 is 5.32 Å². The molecule has 2 aromatic rings. The van der Waals surface area contributed by atoms with Crippen molar-refractivity contribution >= 4 is 27.4 Å². The lowest BCUT2D eigenvalue weighted by Gasteiger charge is -2.06. The maximum absolute atomic E-state index is 10.9. The van der Waals surface area contributed by atoms with Crippen molar-refractivity contribution in [2.75, 3.05) is 5.32 Å². The van der Waals surface area contributed by atoms with E-state index in [0.717, 1.165) is 5.56 Å². The van der Waals surface area contributed by atoms with Crippen LogP contribution in [0.15, 0.2) is 41.3 Å². The smallest absolute Gasteiger partial charge is 0.312 e. The van der Waals surface area contributed by atoms with Crippen molar-refractivity contribution < 1.29 is 4.92 Å². The second kappa shape index (κ2) is 5.54. The first-order chi connectivity index (χ1) is 8.66. The fourth-order valence-corrected chi connectivity index (χ4v) is 1.71. The topological polar surface area (TPSA) is 81.0 Å². The molecule has 0 atom stereocenters. The number of anilines is 1. The van der Waals surface area contributed by atoms with Crippen molar-refractivity contribution in [2.45, 2.75) is 6.54 Å². The highest BCUT2D eigenvalue weighted by molar-refractivity contribution is 9.10. The normalized spacial score (nSPS) is 10.1. The number of nitro groups is 1. The molecule has 92 valence electrons. The van der Waals surface area contributed by atoms with Crippen LogP contribution in [0, 0.1) is 10.1 Å². The third-order valence-electron chi connectivity index (χ3n) is 2.24. The molecule has 0 bridgehead atoms. The minimum Gasteiger partial charge on any atom is -0.360 e. The number of nitrogens with zero attached hydrogens (tertiary/aromatic N) is 3. The molecule has 6 nitrogen and oxygen atoms in total. The van der Waals surface area contributed by atoms with Gasteiger partial charge in [0.1, 0.15) is 0 Å². The van der Waals surface area contributed by atoms with Gasteiger partial charge in [0.15, 0.2) is 0 Å². The number of aromatic nitrogens is 2. The van der Waals surface area contributed by atoms with Gasteiger partial charge in [-0.1, -0.05) is 0 Å². The standard InChI is InChI=1S/C11H9BrN4O2/c12-9-5-10(16(17)18)11(15-7-9)14-6-8-1-3-13-4-2-8/h1-5,7H,6H2,(H,14,15). The van der Waals surface area contributed by atoms with Crippen LogP contribution in [0.3, 0.4) is 0 Å². The largest absolute Gasteiger partial charge is 0.360 e. The van der Waals surface area contributed by atoms with Gasteiger partial charge in [0.05, 0.1) is 4.92 Å². The summed E-state index contributed by atoms with van der Waals surface area (Å²) in [5, 5.41) is 13.8. The van der Waals surface area contributed by atoms with Crippen molar-refractivity contribution in [3.8, 4) is 0 Å². The number of hydrogen-bond acceptors (Lipinski definition) is 5. The summed E-state index contributed by atoms with van der Waals surface area (Å²) < 4.78 is 0.573. The summed E-state index contributed by atoms with van der Waals surface area (Å²) in [6.07, 6.45) is 4.85. The number of rotatable bonds is 4. The van der Waals surface area contributed by atoms with Gasteiger partial charge in [-0.25, -0.2) is 4.98 Å². The molecule has 2 heterocycles. The second-order valence-electron chi connectivity index (χ2n) is 3.49. The lowest BCUT2D eigenvalue weighted by atomic mass is 10.2. The van der Waals surface area contributed by atoms with Crippen LogP contribution in [0.5, 0.6) is 0 Å². The molecular formula is C11H9BrN4O2. The Morgan fingerprint density at radius 3 is 2.78 bits per heavy atom. The number of pyridine rings is 2. The molecule has 7 heteroatoms. The Labute approximate surface area is 111 Å². The van der Waals surface area contributed by atoms with Crippen molar-refractivity contribution in [3.05, 3.63) is 56.9 Å². The number of halogens is 1. The number of nitrogens with one attached hydrogen (secondary N) is 1. The van der Waals surface area contributed by atoms with Gasteiger partial charge in [-0.05, 0) is 33.6 Å². The Bertz CT molecular complexity index is 562. The number of hydrogen-bond donors (Lipinski definition) is 1. The maximum Gasteiger partial charge on any atom is 0.312 e. The summed E-state index contributed by atoms with van der Waals surface area (Å²) in [7, 11) is 0. The SMILES string of the molecule is O=[N+]([O-])c1cc(Br)cnc1NCc1ccncc1. The molecule has 0 fully saturated rings. The molecule has 0 aliphatic rings. The van der Waals surface area contributed by atoms with Crippen LogP contribution in [0.4, 0.5) is 11.5 Å². The highest BCUT2D eigenvalue weighted by atomic mass is 79.9. The predicted octanol–water partition coefficient (Wildman–Crippen LogP) is 2.76. The second-order valence-corrected chi connectivity index (χ2v) is 4.40. The van der Waals surface area contributed by atoms with Crippen LogP contribution in [0.1, 0.15) is 5.56 Å². The van der Waals surface area contributed by atoms with Gasteiger partial charge >= 0.3 is 5.69 Å². The summed E-state index contributed by atoms with van der Waals surface area (Å²) in [6.45, 7) is 0.456. The third kappa shape index (κ3) is 3.01. The highest BCUT2D eigenvalue weighted by Gasteiger charge is 2.15. The van der Waals surface area contributed by atoms with Gasteiger partial charge in [0.25, 0.3) is 0 Å². The molecule has 0 amide bonds. The van der Waals surface area contributed by atoms with Gasteiger partial charge in [-0.15, -0.1) is 0 Å². The first kappa shape index (κ1) is 12.4. The van der Waals surface area contributed by atoms with Crippen molar-refractivity contribution in [1.29, 1.82) is 0 Å². The molecule has 0 aromatic carbocycles. The molecule has 0 aliphatic heterocycles. The fraction of sp³-hybridized carbons (Fsp3) is 0.0909. The highest BCUT2D eigenvalue weighted by Crippen LogP contribution is 2.25. The van der Waals surface area contributed by atoms with E-state index in [2.05, 4.69) is 31.2 Å². The Kier molecular flexibility index (Phi) is 3.83. The van der Waals surface area contributed by atoms with Crippen LogP contribution in [0.25, 0.3) is 0 Å². The van der Waals surface area contributed by atoms with Gasteiger partial charge < -0.3 is 5.32 Å². The van der Waals surface area contributed by atoms with E-state index in [1.165, 1.54) is 12.3 Å². The van der Waals surface area contributed by atoms with E-state index in [9.17, 15) is 10.1 Å². The van der Waals surface area contributed by atoms with E-state index in [4.69, 9.17) is 0 Å². The van der Waals surface area contributed by atoms with Crippen molar-refractivity contribution in [3.63, 3.8) is 0 Å². The monoisotopic (exact) mass is 308 g/mol. The first-order valence-electron chi connectivity index (χ1n) is 5.09. The van der Waals surface area contributed by atoms with Gasteiger partial charge in [0.2, 0.25) is 5.82 Å². The summed E-state index contributed by atoms with van der Waals surface area (Å²) in [5.41, 5.74) is 0.919. The average molecular weight is 309 g/mol. The molecule has 0 aliphatic carbocycles. The quantitative estimate of drug-likeness (QED) is 0.694. The van der Waals surface area contributed by atoms with Gasteiger partial charge in [-0.3, -0.25) is 15.1 Å². The molecule has 18 heavy (non-hydrogen) atoms. The van der Waals surface area contributed by atoms with Crippen molar-refractivity contribution in [2.24, 2.45) is 0 Å². The molecule has 0 spiro atoms. The zero-order chi connectivity index (χ0) is 13.0. The summed E-state index contributed by atoms with van der Waals surface area (Å²) in [5.74, 6) is 0.250. The third-order valence-corrected chi connectivity index (χ3v) is 2.67. The Hall–Kier alpha value is -2.02. The van der Waals surface area contributed by atoms with Crippen LogP contribution in [0.2, 0.25) is 0 Å². The molecule has 0 saturated heterocycles. The molecule has 0 saturated carbocycles. The molecule has 1 N–H and O–H groups in total. The molecule has 0 unspecified atom stereocenters. The summed E-state index contributed by atoms with van der Waals surface area (Å²) >= 11 is 3.16. The van der Waals surface area contributed by atoms with E-state index in [1.54, 1.807) is 12.4 Å². The van der Waals surface area contributed by atoms with E-state index in [1.807, 2.05) is 12.1 Å². The summed E-state index contributed by atoms with van der Waals surface area (Å²) in [4.78, 5) is 18.3. The minimum absolute atomic E-state index is 0.0570. The van der Waals surface area contributed by atoms with E-state index in [-0.39, 0.29) is 11.5 Å². The van der Waals surface area contributed by atoms with Crippen molar-refractivity contribution in [1.82, 2.24) is 9.97 Å². The van der Waals surface area contributed by atoms with Crippen LogP contribution in [-0.2, 0) is 6.54 Å². The van der Waals surface area contributed by atoms with Gasteiger partial charge in [-0.2, -0.15) is 0 Å². The molecule has 2 aromatic heterocycles. The molecular weight excluding hydrogens is 300 g/mol. The zero-order valence-electron chi connectivity index (χ0n) is 9.21. The maximum atomic E-state index is 10.9. The summed E-state index contributed by atoms with van der Waals surface area (Å²) in [6, 6.07) is 5.08. The lowest BCUT2D eigenvalue weighted by molar-refractivity contribution is -0.384. The molecule has 0 radical (unpaired) electrons. The predicted molar refractivity (Wildman–Crippen MR) is 70.2 cm³/mol. The van der Waals surface area contributed by atoms with E-state index in [0.29, 0.717) is 11.0 Å².